The molecule has 0 amide bonds. The fourth-order valence-corrected chi connectivity index (χ4v) is 2.38. The molecule has 1 heterocycles. The number of nitrogens with zero attached hydrogens (tertiary/aromatic N) is 1. The van der Waals surface area contributed by atoms with Gasteiger partial charge in [0.05, 0.1) is 12.0 Å². The van der Waals surface area contributed by atoms with E-state index in [0.29, 0.717) is 6.61 Å². The van der Waals surface area contributed by atoms with E-state index in [4.69, 9.17) is 16.3 Å². The highest BCUT2D eigenvalue weighted by atomic mass is 35.5. The maximum atomic E-state index is 6.06. The molecular weight excluding hydrogens is 236 g/mol. The SMILES string of the molecule is COCC(Cl)CCNc1ccc2c(n1)CCC2. The molecule has 1 aliphatic rings. The minimum Gasteiger partial charge on any atom is -0.383 e. The largest absolute Gasteiger partial charge is 0.383 e. The number of ether oxygens (including phenoxy) is 1. The Morgan fingerprint density at radius 2 is 2.35 bits per heavy atom. The van der Waals surface area contributed by atoms with Crippen molar-refractivity contribution in [2.45, 2.75) is 31.1 Å². The van der Waals surface area contributed by atoms with Crippen molar-refractivity contribution < 1.29 is 4.74 Å². The summed E-state index contributed by atoms with van der Waals surface area (Å²) in [6, 6.07) is 4.24. The Labute approximate surface area is 108 Å². The molecule has 4 heteroatoms. The fourth-order valence-electron chi connectivity index (χ4n) is 2.14. The topological polar surface area (TPSA) is 34.1 Å². The van der Waals surface area contributed by atoms with E-state index in [9.17, 15) is 0 Å². The summed E-state index contributed by atoms with van der Waals surface area (Å²) in [6.45, 7) is 1.43. The molecule has 2 rings (SSSR count). The molecular formula is C13H19ClN2O. The second-order valence-electron chi connectivity index (χ2n) is 4.42. The van der Waals surface area contributed by atoms with Gasteiger partial charge in [0.25, 0.3) is 0 Å². The van der Waals surface area contributed by atoms with Crippen LogP contribution < -0.4 is 5.32 Å². The summed E-state index contributed by atoms with van der Waals surface area (Å²) >= 11 is 6.06. The zero-order valence-corrected chi connectivity index (χ0v) is 11.0. The molecule has 0 bridgehead atoms. The molecule has 17 heavy (non-hydrogen) atoms. The standard InChI is InChI=1S/C13H19ClN2O/c1-17-9-11(14)7-8-15-13-6-5-10-3-2-4-12(10)16-13/h5-6,11H,2-4,7-9H2,1H3,(H,15,16). The predicted molar refractivity (Wildman–Crippen MR) is 70.9 cm³/mol. The average Bonchev–Trinajstić information content (AvgIpc) is 2.76. The van der Waals surface area contributed by atoms with Gasteiger partial charge in [0.1, 0.15) is 5.82 Å². The number of aromatic nitrogens is 1. The van der Waals surface area contributed by atoms with Crippen LogP contribution >= 0.6 is 11.6 Å². The second kappa shape index (κ2) is 6.22. The van der Waals surface area contributed by atoms with E-state index in [1.807, 2.05) is 0 Å². The number of halogens is 1. The Kier molecular flexibility index (Phi) is 4.63. The van der Waals surface area contributed by atoms with Crippen LogP contribution in [-0.4, -0.2) is 30.6 Å². The minimum atomic E-state index is 0.0712. The highest BCUT2D eigenvalue weighted by molar-refractivity contribution is 6.20. The number of aryl methyl sites for hydroxylation is 2. The van der Waals surface area contributed by atoms with Gasteiger partial charge in [-0.05, 0) is 37.3 Å². The molecule has 3 nitrogen and oxygen atoms in total. The maximum Gasteiger partial charge on any atom is 0.126 e. The summed E-state index contributed by atoms with van der Waals surface area (Å²) in [5.41, 5.74) is 2.67. The first-order chi connectivity index (χ1) is 8.29. The van der Waals surface area contributed by atoms with Crippen LogP contribution in [0.25, 0.3) is 0 Å². The molecule has 0 radical (unpaired) electrons. The Morgan fingerprint density at radius 3 is 3.18 bits per heavy atom. The average molecular weight is 255 g/mol. The quantitative estimate of drug-likeness (QED) is 0.793. The van der Waals surface area contributed by atoms with Crippen molar-refractivity contribution in [3.8, 4) is 0 Å². The summed E-state index contributed by atoms with van der Waals surface area (Å²) in [4.78, 5) is 4.61. The van der Waals surface area contributed by atoms with Crippen LogP contribution in [-0.2, 0) is 17.6 Å². The van der Waals surface area contributed by atoms with Crippen LogP contribution in [0.3, 0.4) is 0 Å². The van der Waals surface area contributed by atoms with E-state index in [1.54, 1.807) is 7.11 Å². The van der Waals surface area contributed by atoms with Crippen molar-refractivity contribution >= 4 is 17.4 Å². The number of hydrogen-bond acceptors (Lipinski definition) is 3. The third kappa shape index (κ3) is 3.58. The Balaban J connectivity index is 1.79. The fraction of sp³-hybridized carbons (Fsp3) is 0.615. The summed E-state index contributed by atoms with van der Waals surface area (Å²) < 4.78 is 4.99. The van der Waals surface area contributed by atoms with Gasteiger partial charge in [0, 0.05) is 19.3 Å². The molecule has 0 aromatic carbocycles. The molecule has 1 aromatic heterocycles. The number of nitrogens with one attached hydrogen (secondary N) is 1. The molecule has 1 N–H and O–H groups in total. The Bertz CT molecular complexity index is 370. The number of fused-ring (bicyclic) bond motifs is 1. The maximum absolute atomic E-state index is 6.06. The van der Waals surface area contributed by atoms with Crippen molar-refractivity contribution in [2.24, 2.45) is 0 Å². The normalized spacial score (nSPS) is 15.6. The van der Waals surface area contributed by atoms with Gasteiger partial charge < -0.3 is 10.1 Å². The molecule has 0 aliphatic heterocycles. The monoisotopic (exact) mass is 254 g/mol. The van der Waals surface area contributed by atoms with E-state index >= 15 is 0 Å². The molecule has 1 aromatic rings. The number of anilines is 1. The third-order valence-corrected chi connectivity index (χ3v) is 3.38. The molecule has 0 saturated heterocycles. The predicted octanol–water partition coefficient (Wildman–Crippen LogP) is 2.63. The van der Waals surface area contributed by atoms with Gasteiger partial charge in [-0.1, -0.05) is 6.07 Å². The lowest BCUT2D eigenvalue weighted by Gasteiger charge is -2.10. The molecule has 1 aliphatic carbocycles. The summed E-state index contributed by atoms with van der Waals surface area (Å²) in [7, 11) is 1.67. The van der Waals surface area contributed by atoms with E-state index in [0.717, 1.165) is 25.2 Å². The lowest BCUT2D eigenvalue weighted by molar-refractivity contribution is 0.196. The number of methoxy groups -OCH3 is 1. The van der Waals surface area contributed by atoms with Crippen molar-refractivity contribution in [3.05, 3.63) is 23.4 Å². The highest BCUT2D eigenvalue weighted by Crippen LogP contribution is 2.21. The van der Waals surface area contributed by atoms with Crippen molar-refractivity contribution in [1.29, 1.82) is 0 Å². The number of alkyl halides is 1. The van der Waals surface area contributed by atoms with E-state index in [2.05, 4.69) is 22.4 Å². The van der Waals surface area contributed by atoms with Gasteiger partial charge in [-0.15, -0.1) is 11.6 Å². The Hall–Kier alpha value is -0.800. The van der Waals surface area contributed by atoms with Crippen LogP contribution in [0, 0.1) is 0 Å². The second-order valence-corrected chi connectivity index (χ2v) is 5.04. The summed E-state index contributed by atoms with van der Waals surface area (Å²) in [5, 5.41) is 3.38. The summed E-state index contributed by atoms with van der Waals surface area (Å²) in [5.74, 6) is 0.965. The summed E-state index contributed by atoms with van der Waals surface area (Å²) in [6.07, 6.45) is 4.42. The van der Waals surface area contributed by atoms with Crippen molar-refractivity contribution in [1.82, 2.24) is 4.98 Å². The molecule has 1 atom stereocenters. The van der Waals surface area contributed by atoms with Crippen LogP contribution in [0.15, 0.2) is 12.1 Å². The highest BCUT2D eigenvalue weighted by Gasteiger charge is 2.12. The van der Waals surface area contributed by atoms with E-state index in [-0.39, 0.29) is 5.38 Å². The molecule has 0 saturated carbocycles. The van der Waals surface area contributed by atoms with Crippen molar-refractivity contribution in [3.63, 3.8) is 0 Å². The van der Waals surface area contributed by atoms with Gasteiger partial charge in [0.15, 0.2) is 0 Å². The smallest absolute Gasteiger partial charge is 0.126 e. The van der Waals surface area contributed by atoms with Gasteiger partial charge in [-0.25, -0.2) is 4.98 Å². The molecule has 1 unspecified atom stereocenters. The molecule has 94 valence electrons. The third-order valence-electron chi connectivity index (χ3n) is 3.04. The lowest BCUT2D eigenvalue weighted by atomic mass is 10.2. The van der Waals surface area contributed by atoms with Crippen LogP contribution in [0.2, 0.25) is 0 Å². The van der Waals surface area contributed by atoms with Gasteiger partial charge in [-0.3, -0.25) is 0 Å². The first-order valence-corrected chi connectivity index (χ1v) is 6.59. The first kappa shape index (κ1) is 12.7. The zero-order valence-electron chi connectivity index (χ0n) is 10.2. The number of hydrogen-bond donors (Lipinski definition) is 1. The van der Waals surface area contributed by atoms with Gasteiger partial charge >= 0.3 is 0 Å². The van der Waals surface area contributed by atoms with Crippen molar-refractivity contribution in [2.75, 3.05) is 25.6 Å². The molecule has 0 spiro atoms. The van der Waals surface area contributed by atoms with Gasteiger partial charge in [-0.2, -0.15) is 0 Å². The Morgan fingerprint density at radius 1 is 1.47 bits per heavy atom. The van der Waals surface area contributed by atoms with E-state index < -0.39 is 0 Å². The first-order valence-electron chi connectivity index (χ1n) is 6.15. The minimum absolute atomic E-state index is 0.0712. The number of pyridine rings is 1. The zero-order chi connectivity index (χ0) is 12.1. The van der Waals surface area contributed by atoms with Crippen LogP contribution in [0.1, 0.15) is 24.1 Å². The molecule has 0 fully saturated rings. The van der Waals surface area contributed by atoms with Crippen LogP contribution in [0.5, 0.6) is 0 Å². The van der Waals surface area contributed by atoms with E-state index in [1.165, 1.54) is 24.1 Å². The lowest BCUT2D eigenvalue weighted by Crippen LogP contribution is -2.14. The number of rotatable bonds is 6. The van der Waals surface area contributed by atoms with Gasteiger partial charge in [0.2, 0.25) is 0 Å². The van der Waals surface area contributed by atoms with Crippen LogP contribution in [0.4, 0.5) is 5.82 Å².